The molecule has 2 heterocycles. The van der Waals surface area contributed by atoms with Crippen molar-refractivity contribution in [1.82, 2.24) is 9.97 Å². The SMILES string of the molecule is COc1ccc2nc(OC)nc(NCc3ccc4c(c3)OCO4)c2c1. The van der Waals surface area contributed by atoms with Gasteiger partial charge in [-0.1, -0.05) is 6.07 Å². The number of hydrogen-bond acceptors (Lipinski definition) is 7. The van der Waals surface area contributed by atoms with Gasteiger partial charge in [0.2, 0.25) is 6.79 Å². The summed E-state index contributed by atoms with van der Waals surface area (Å²) in [5.74, 6) is 2.94. The van der Waals surface area contributed by atoms with Gasteiger partial charge < -0.3 is 24.3 Å². The van der Waals surface area contributed by atoms with Gasteiger partial charge in [0.25, 0.3) is 0 Å². The molecular weight excluding hydrogens is 322 g/mol. The predicted octanol–water partition coefficient (Wildman–Crippen LogP) is 2.99. The Morgan fingerprint density at radius 2 is 1.88 bits per heavy atom. The number of fused-ring (bicyclic) bond motifs is 2. The zero-order valence-corrected chi connectivity index (χ0v) is 13.9. The van der Waals surface area contributed by atoms with Crippen molar-refractivity contribution in [3.05, 3.63) is 42.0 Å². The third kappa shape index (κ3) is 2.96. The molecule has 7 nitrogen and oxygen atoms in total. The van der Waals surface area contributed by atoms with Gasteiger partial charge in [-0.2, -0.15) is 9.97 Å². The van der Waals surface area contributed by atoms with Crippen LogP contribution in [0.2, 0.25) is 0 Å². The summed E-state index contributed by atoms with van der Waals surface area (Å²) < 4.78 is 21.3. The molecule has 0 radical (unpaired) electrons. The molecule has 2 aromatic carbocycles. The Labute approximate surface area is 144 Å². The summed E-state index contributed by atoms with van der Waals surface area (Å²) in [7, 11) is 3.18. The van der Waals surface area contributed by atoms with Crippen LogP contribution in [0.5, 0.6) is 23.3 Å². The molecule has 1 aromatic heterocycles. The molecule has 3 aromatic rings. The lowest BCUT2D eigenvalue weighted by molar-refractivity contribution is 0.174. The van der Waals surface area contributed by atoms with E-state index in [2.05, 4.69) is 15.3 Å². The van der Waals surface area contributed by atoms with Crippen LogP contribution in [-0.2, 0) is 6.54 Å². The molecule has 1 N–H and O–H groups in total. The summed E-state index contributed by atoms with van der Waals surface area (Å²) in [5, 5.41) is 4.20. The average molecular weight is 339 g/mol. The molecule has 0 fully saturated rings. The van der Waals surface area contributed by atoms with Crippen molar-refractivity contribution in [3.63, 3.8) is 0 Å². The molecule has 0 atom stereocenters. The number of aromatic nitrogens is 2. The number of nitrogens with one attached hydrogen (secondary N) is 1. The van der Waals surface area contributed by atoms with Crippen molar-refractivity contribution in [2.24, 2.45) is 0 Å². The van der Waals surface area contributed by atoms with Crippen LogP contribution in [0.25, 0.3) is 10.9 Å². The summed E-state index contributed by atoms with van der Waals surface area (Å²) in [6.07, 6.45) is 0. The van der Waals surface area contributed by atoms with Gasteiger partial charge in [0, 0.05) is 11.9 Å². The zero-order chi connectivity index (χ0) is 17.2. The first-order chi connectivity index (χ1) is 12.3. The lowest BCUT2D eigenvalue weighted by Crippen LogP contribution is -2.04. The second-order valence-electron chi connectivity index (χ2n) is 5.48. The van der Waals surface area contributed by atoms with Crippen LogP contribution in [0.4, 0.5) is 5.82 Å². The van der Waals surface area contributed by atoms with E-state index in [-0.39, 0.29) is 6.79 Å². The van der Waals surface area contributed by atoms with Crippen LogP contribution in [-0.4, -0.2) is 31.0 Å². The number of anilines is 1. The van der Waals surface area contributed by atoms with E-state index >= 15 is 0 Å². The standard InChI is InChI=1S/C18H17N3O4/c1-22-12-4-5-14-13(8-12)17(21-18(20-14)23-2)19-9-11-3-6-15-16(7-11)25-10-24-15/h3-8H,9-10H2,1-2H3,(H,19,20,21). The fraction of sp³-hybridized carbons (Fsp3) is 0.222. The normalized spacial score (nSPS) is 12.2. The van der Waals surface area contributed by atoms with E-state index in [0.29, 0.717) is 18.4 Å². The molecule has 0 aliphatic carbocycles. The lowest BCUT2D eigenvalue weighted by atomic mass is 10.2. The maximum atomic E-state index is 5.42. The molecule has 4 rings (SSSR count). The number of benzene rings is 2. The maximum Gasteiger partial charge on any atom is 0.318 e. The van der Waals surface area contributed by atoms with Gasteiger partial charge in [-0.05, 0) is 35.9 Å². The second-order valence-corrected chi connectivity index (χ2v) is 5.48. The Kier molecular flexibility index (Phi) is 3.89. The molecule has 0 saturated heterocycles. The van der Waals surface area contributed by atoms with Crippen LogP contribution in [0.3, 0.4) is 0 Å². The Morgan fingerprint density at radius 1 is 1.00 bits per heavy atom. The average Bonchev–Trinajstić information content (AvgIpc) is 3.13. The fourth-order valence-electron chi connectivity index (χ4n) is 2.68. The monoisotopic (exact) mass is 339 g/mol. The molecule has 0 unspecified atom stereocenters. The van der Waals surface area contributed by atoms with Gasteiger partial charge in [0.1, 0.15) is 11.6 Å². The number of nitrogens with zero attached hydrogens (tertiary/aromatic N) is 2. The fourth-order valence-corrected chi connectivity index (χ4v) is 2.68. The van der Waals surface area contributed by atoms with Gasteiger partial charge in [-0.25, -0.2) is 0 Å². The summed E-state index contributed by atoms with van der Waals surface area (Å²) in [5.41, 5.74) is 1.83. The molecule has 1 aliphatic heterocycles. The van der Waals surface area contributed by atoms with E-state index in [0.717, 1.165) is 33.7 Å². The molecule has 7 heteroatoms. The van der Waals surface area contributed by atoms with Gasteiger partial charge in [-0.15, -0.1) is 0 Å². The van der Waals surface area contributed by atoms with Crippen molar-refractivity contribution in [2.45, 2.75) is 6.54 Å². The highest BCUT2D eigenvalue weighted by atomic mass is 16.7. The Hall–Kier alpha value is -3.22. The van der Waals surface area contributed by atoms with E-state index in [1.54, 1.807) is 14.2 Å². The first-order valence-electron chi connectivity index (χ1n) is 7.79. The van der Waals surface area contributed by atoms with Crippen LogP contribution >= 0.6 is 0 Å². The van der Waals surface area contributed by atoms with Crippen LogP contribution in [0, 0.1) is 0 Å². The van der Waals surface area contributed by atoms with Crippen molar-refractivity contribution in [2.75, 3.05) is 26.3 Å². The summed E-state index contributed by atoms with van der Waals surface area (Å²) >= 11 is 0. The molecule has 1 aliphatic rings. The highest BCUT2D eigenvalue weighted by Gasteiger charge is 2.14. The Bertz CT molecular complexity index is 930. The predicted molar refractivity (Wildman–Crippen MR) is 92.5 cm³/mol. The molecular formula is C18H17N3O4. The smallest absolute Gasteiger partial charge is 0.318 e. The lowest BCUT2D eigenvalue weighted by Gasteiger charge is -2.11. The minimum Gasteiger partial charge on any atom is -0.497 e. The van der Waals surface area contributed by atoms with Crippen LogP contribution in [0.1, 0.15) is 5.56 Å². The first-order valence-corrected chi connectivity index (χ1v) is 7.79. The summed E-state index contributed by atoms with van der Waals surface area (Å²) in [6.45, 7) is 0.836. The molecule has 0 spiro atoms. The van der Waals surface area contributed by atoms with Crippen LogP contribution < -0.4 is 24.3 Å². The number of hydrogen-bond donors (Lipinski definition) is 1. The zero-order valence-electron chi connectivity index (χ0n) is 13.9. The van der Waals surface area contributed by atoms with E-state index in [9.17, 15) is 0 Å². The van der Waals surface area contributed by atoms with Crippen molar-refractivity contribution >= 4 is 16.7 Å². The van der Waals surface area contributed by atoms with Gasteiger partial charge in [0.15, 0.2) is 11.5 Å². The topological polar surface area (TPSA) is 74.7 Å². The van der Waals surface area contributed by atoms with E-state index in [1.165, 1.54) is 0 Å². The number of methoxy groups -OCH3 is 2. The highest BCUT2D eigenvalue weighted by Crippen LogP contribution is 2.33. The Balaban J connectivity index is 1.65. The van der Waals surface area contributed by atoms with Crippen molar-refractivity contribution < 1.29 is 18.9 Å². The summed E-state index contributed by atoms with van der Waals surface area (Å²) in [6, 6.07) is 11.8. The van der Waals surface area contributed by atoms with E-state index in [4.69, 9.17) is 18.9 Å². The van der Waals surface area contributed by atoms with Crippen LogP contribution in [0.15, 0.2) is 36.4 Å². The minimum absolute atomic E-state index is 0.264. The third-order valence-corrected chi connectivity index (χ3v) is 3.96. The number of ether oxygens (including phenoxy) is 4. The molecule has 0 bridgehead atoms. The third-order valence-electron chi connectivity index (χ3n) is 3.96. The minimum atomic E-state index is 0.264. The Morgan fingerprint density at radius 3 is 2.72 bits per heavy atom. The van der Waals surface area contributed by atoms with E-state index < -0.39 is 0 Å². The maximum absolute atomic E-state index is 5.42. The van der Waals surface area contributed by atoms with Gasteiger partial charge in [-0.3, -0.25) is 0 Å². The van der Waals surface area contributed by atoms with Crippen molar-refractivity contribution in [1.29, 1.82) is 0 Å². The molecule has 25 heavy (non-hydrogen) atoms. The van der Waals surface area contributed by atoms with Crippen molar-refractivity contribution in [3.8, 4) is 23.3 Å². The van der Waals surface area contributed by atoms with E-state index in [1.807, 2.05) is 36.4 Å². The molecule has 128 valence electrons. The second kappa shape index (κ2) is 6.35. The first kappa shape index (κ1) is 15.3. The highest BCUT2D eigenvalue weighted by molar-refractivity contribution is 5.90. The molecule has 0 saturated carbocycles. The quantitative estimate of drug-likeness (QED) is 0.766. The van der Waals surface area contributed by atoms with Gasteiger partial charge in [0.05, 0.1) is 19.7 Å². The number of rotatable bonds is 5. The summed E-state index contributed by atoms with van der Waals surface area (Å²) in [4.78, 5) is 8.79. The molecule has 0 amide bonds. The largest absolute Gasteiger partial charge is 0.497 e. The van der Waals surface area contributed by atoms with Gasteiger partial charge >= 0.3 is 6.01 Å².